The van der Waals surface area contributed by atoms with Gasteiger partial charge in [0.15, 0.2) is 0 Å². The quantitative estimate of drug-likeness (QED) is 0.261. The van der Waals surface area contributed by atoms with Crippen molar-refractivity contribution in [1.29, 1.82) is 0 Å². The van der Waals surface area contributed by atoms with Crippen molar-refractivity contribution in [2.45, 2.75) is 110 Å². The van der Waals surface area contributed by atoms with Crippen molar-refractivity contribution >= 4 is 16.4 Å². The van der Waals surface area contributed by atoms with E-state index >= 15 is 0 Å². The third-order valence-corrected chi connectivity index (χ3v) is 5.24. The summed E-state index contributed by atoms with van der Waals surface area (Å²) in [6, 6.07) is 0. The van der Waals surface area contributed by atoms with E-state index in [1.54, 1.807) is 6.92 Å². The Bertz CT molecular complexity index is 452. The Hall–Kier alpha value is 0.976. The normalized spacial score (nSPS) is 12.4. The van der Waals surface area contributed by atoms with Gasteiger partial charge in [0.25, 0.3) is 0 Å². The number of nitrogens with two attached hydrogens (primary N) is 1. The van der Waals surface area contributed by atoms with Crippen LogP contribution in [0.3, 0.4) is 0 Å². The van der Waals surface area contributed by atoms with Gasteiger partial charge in [-0.2, -0.15) is 8.42 Å². The van der Waals surface area contributed by atoms with Crippen LogP contribution in [0.4, 0.5) is 0 Å². The van der Waals surface area contributed by atoms with Crippen molar-refractivity contribution in [3.63, 3.8) is 0 Å². The van der Waals surface area contributed by atoms with Crippen LogP contribution >= 0.6 is 0 Å². The Morgan fingerprint density at radius 3 is 1.81 bits per heavy atom. The average molecular weight is 434 g/mol. The van der Waals surface area contributed by atoms with Crippen LogP contribution in [-0.2, 0) is 23.6 Å². The second kappa shape index (κ2) is 20.3. The largest absolute Gasteiger partial charge is 1.00 e. The van der Waals surface area contributed by atoms with Gasteiger partial charge < -0.3 is 11.3 Å². The number of unbranched alkanes of at least 4 members (excludes halogenated alkanes) is 11. The van der Waals surface area contributed by atoms with Crippen molar-refractivity contribution in [2.24, 2.45) is 5.73 Å². The molecule has 1 atom stereocenters. The summed E-state index contributed by atoms with van der Waals surface area (Å²) in [5.41, 5.74) is 5.17. The maximum Gasteiger partial charge on any atom is 1.00 e. The van der Waals surface area contributed by atoms with E-state index in [9.17, 15) is 13.2 Å². The monoisotopic (exact) mass is 433 g/mol. The molecule has 1 unspecified atom stereocenters. The zero-order valence-corrected chi connectivity index (χ0v) is 21.7. The van der Waals surface area contributed by atoms with Crippen LogP contribution in [0.2, 0.25) is 0 Å². The number of rotatable bonds is 18. The van der Waals surface area contributed by atoms with Crippen molar-refractivity contribution in [1.82, 2.24) is 0 Å². The minimum Gasteiger partial charge on any atom is -1.00 e. The van der Waals surface area contributed by atoms with Crippen molar-refractivity contribution in [2.75, 3.05) is 6.54 Å². The molecule has 0 heterocycles. The van der Waals surface area contributed by atoms with E-state index in [-0.39, 0.29) is 65.8 Å². The first-order valence-electron chi connectivity index (χ1n) is 10.3. The summed E-state index contributed by atoms with van der Waals surface area (Å²) < 4.78 is 32.2. The number of carbonyl (C=O) groups excluding carboxylic acids is 1. The fourth-order valence-electron chi connectivity index (χ4n) is 2.82. The molecule has 8 heteroatoms. The molecule has 0 amide bonds. The van der Waals surface area contributed by atoms with E-state index in [0.29, 0.717) is 6.42 Å². The van der Waals surface area contributed by atoms with Gasteiger partial charge >= 0.3 is 67.8 Å². The van der Waals surface area contributed by atoms with Gasteiger partial charge in [0.2, 0.25) is 0 Å². The van der Waals surface area contributed by atoms with E-state index in [0.717, 1.165) is 12.8 Å². The van der Waals surface area contributed by atoms with Gasteiger partial charge in [0.1, 0.15) is 0 Å². The molecule has 0 aliphatic carbocycles. The molecule has 0 spiro atoms. The van der Waals surface area contributed by atoms with Crippen LogP contribution in [0.5, 0.6) is 0 Å². The fourth-order valence-corrected chi connectivity index (χ4v) is 3.66. The summed E-state index contributed by atoms with van der Waals surface area (Å²) in [4.78, 5) is 11.2. The Morgan fingerprint density at radius 2 is 1.37 bits per heavy atom. The Morgan fingerprint density at radius 1 is 0.926 bits per heavy atom. The fraction of sp³-hybridized carbons (Fsp3) is 0.947. The van der Waals surface area contributed by atoms with Crippen LogP contribution in [0, 0.1) is 0 Å². The standard InChI is InChI=1S/C19H39NO5S.K.H/c1-3-4-5-6-7-8-9-10-11-12-13-14-15-18(2)24-26(22,23)25-19(21)16-17-20;;/h18H,3-17,20H2,1-2H3;;/q;+1;-1. The molecule has 2 N–H and O–H groups in total. The second-order valence-electron chi connectivity index (χ2n) is 6.99. The minimum absolute atomic E-state index is 0. The van der Waals surface area contributed by atoms with Gasteiger partial charge in [-0.25, -0.2) is 4.18 Å². The third-order valence-electron chi connectivity index (χ3n) is 4.29. The summed E-state index contributed by atoms with van der Waals surface area (Å²) in [6.45, 7) is 3.96. The molecule has 158 valence electrons. The molecule has 0 aromatic rings. The topological polar surface area (TPSA) is 95.7 Å². The molecular weight excluding hydrogens is 393 g/mol. The zero-order valence-electron chi connectivity index (χ0n) is 18.7. The van der Waals surface area contributed by atoms with Gasteiger partial charge in [-0.15, -0.1) is 0 Å². The first-order valence-corrected chi connectivity index (χ1v) is 11.6. The van der Waals surface area contributed by atoms with Crippen molar-refractivity contribution < 1.29 is 74.4 Å². The van der Waals surface area contributed by atoms with Crippen molar-refractivity contribution in [3.05, 3.63) is 0 Å². The first-order chi connectivity index (χ1) is 12.4. The van der Waals surface area contributed by atoms with E-state index in [1.807, 2.05) is 0 Å². The van der Waals surface area contributed by atoms with Crippen LogP contribution in [0.1, 0.15) is 105 Å². The third kappa shape index (κ3) is 21.5. The van der Waals surface area contributed by atoms with Crippen LogP contribution in [-0.4, -0.2) is 27.0 Å². The summed E-state index contributed by atoms with van der Waals surface area (Å²) in [6.07, 6.45) is 15.1. The molecule has 0 fully saturated rings. The van der Waals surface area contributed by atoms with Gasteiger partial charge in [0, 0.05) is 6.54 Å². The molecule has 0 aliphatic heterocycles. The van der Waals surface area contributed by atoms with Crippen molar-refractivity contribution in [3.8, 4) is 0 Å². The minimum atomic E-state index is -4.27. The summed E-state index contributed by atoms with van der Waals surface area (Å²) in [7, 11) is -4.27. The molecule has 0 radical (unpaired) electrons. The number of carbonyl (C=O) groups is 1. The van der Waals surface area contributed by atoms with Crippen LogP contribution in [0.25, 0.3) is 0 Å². The van der Waals surface area contributed by atoms with Crippen LogP contribution < -0.4 is 57.1 Å². The maximum atomic E-state index is 11.5. The van der Waals surface area contributed by atoms with Crippen LogP contribution in [0.15, 0.2) is 0 Å². The molecule has 0 aromatic heterocycles. The van der Waals surface area contributed by atoms with Gasteiger partial charge in [-0.1, -0.05) is 84.0 Å². The first kappa shape index (κ1) is 30.2. The molecule has 0 bridgehead atoms. The molecule has 0 aliphatic rings. The predicted octanol–water partition coefficient (Wildman–Crippen LogP) is 1.74. The van der Waals surface area contributed by atoms with E-state index in [4.69, 9.17) is 9.92 Å². The summed E-state index contributed by atoms with van der Waals surface area (Å²) in [5.74, 6) is -0.884. The summed E-state index contributed by atoms with van der Waals surface area (Å²) >= 11 is 0. The Balaban J connectivity index is -0.00000312. The smallest absolute Gasteiger partial charge is 1.00 e. The number of hydrogen-bond acceptors (Lipinski definition) is 6. The Kier molecular flexibility index (Phi) is 22.6. The molecule has 6 nitrogen and oxygen atoms in total. The molecular formula is C19H40KNO5S. The Labute approximate surface area is 210 Å². The molecule has 0 saturated heterocycles. The molecule has 0 rings (SSSR count). The second-order valence-corrected chi connectivity index (χ2v) is 8.16. The van der Waals surface area contributed by atoms with E-state index in [1.165, 1.54) is 64.2 Å². The van der Waals surface area contributed by atoms with Gasteiger partial charge in [-0.05, 0) is 13.3 Å². The van der Waals surface area contributed by atoms with Gasteiger partial charge in [-0.3, -0.25) is 4.79 Å². The average Bonchev–Trinajstić information content (AvgIpc) is 2.55. The predicted molar refractivity (Wildman–Crippen MR) is 106 cm³/mol. The number of hydrogen-bond donors (Lipinski definition) is 1. The maximum absolute atomic E-state index is 11.5. The molecule has 0 saturated carbocycles. The SMILES string of the molecule is CCCCCCCCCCCCCCC(C)OS(=O)(=O)OC(=O)CCN.[H-].[K+]. The van der Waals surface area contributed by atoms with E-state index < -0.39 is 22.5 Å². The molecule has 27 heavy (non-hydrogen) atoms. The molecule has 0 aromatic carbocycles. The van der Waals surface area contributed by atoms with Gasteiger partial charge in [0.05, 0.1) is 12.5 Å². The van der Waals surface area contributed by atoms with E-state index in [2.05, 4.69) is 11.1 Å². The summed E-state index contributed by atoms with van der Waals surface area (Å²) in [5, 5.41) is 0. The zero-order chi connectivity index (χ0) is 19.7.